The summed E-state index contributed by atoms with van der Waals surface area (Å²) in [7, 11) is 0. The topological polar surface area (TPSA) is 103 Å². The van der Waals surface area contributed by atoms with Gasteiger partial charge in [-0.1, -0.05) is 18.2 Å². The molecule has 0 atom stereocenters. The van der Waals surface area contributed by atoms with Crippen LogP contribution in [0.3, 0.4) is 0 Å². The minimum absolute atomic E-state index is 0.0301. The highest BCUT2D eigenvalue weighted by atomic mass is 16.3. The van der Waals surface area contributed by atoms with Crippen LogP contribution in [0.2, 0.25) is 0 Å². The van der Waals surface area contributed by atoms with Crippen LogP contribution >= 0.6 is 0 Å². The van der Waals surface area contributed by atoms with E-state index in [2.05, 4.69) is 15.1 Å². The number of pyridine rings is 2. The molecule has 1 aromatic carbocycles. The Morgan fingerprint density at radius 2 is 2.00 bits per heavy atom. The lowest BCUT2D eigenvalue weighted by Gasteiger charge is -2.02. The number of nitrogen functional groups attached to an aromatic ring is 1. The van der Waals surface area contributed by atoms with Gasteiger partial charge < -0.3 is 15.3 Å². The zero-order chi connectivity index (χ0) is 19.1. The van der Waals surface area contributed by atoms with E-state index in [1.54, 1.807) is 23.3 Å². The Bertz CT molecular complexity index is 1300. The van der Waals surface area contributed by atoms with Crippen molar-refractivity contribution in [2.45, 2.75) is 6.54 Å². The number of hydrogen-bond acceptors (Lipinski definition) is 6. The Kier molecular flexibility index (Phi) is 3.80. The lowest BCUT2D eigenvalue weighted by molar-refractivity contribution is 0.269. The molecular weight excluding hydrogens is 354 g/mol. The van der Waals surface area contributed by atoms with Gasteiger partial charge >= 0.3 is 0 Å². The maximum absolute atomic E-state index is 9.11. The molecule has 0 aliphatic heterocycles. The molecule has 5 rings (SSSR count). The maximum atomic E-state index is 9.11. The van der Waals surface area contributed by atoms with Crippen molar-refractivity contribution in [1.29, 1.82) is 0 Å². The molecule has 0 saturated carbocycles. The van der Waals surface area contributed by atoms with Gasteiger partial charge in [-0.05, 0) is 17.5 Å². The minimum atomic E-state index is 0.0301. The van der Waals surface area contributed by atoms with Crippen molar-refractivity contribution >= 4 is 27.6 Å². The Morgan fingerprint density at radius 3 is 2.89 bits per heavy atom. The first-order valence-corrected chi connectivity index (χ1v) is 8.89. The van der Waals surface area contributed by atoms with Crippen LogP contribution in [-0.4, -0.2) is 31.5 Å². The molecule has 0 unspecified atom stereocenters. The molecule has 0 fully saturated rings. The van der Waals surface area contributed by atoms with Crippen LogP contribution in [0.15, 0.2) is 65.7 Å². The number of benzene rings is 1. The summed E-state index contributed by atoms with van der Waals surface area (Å²) in [5.74, 6) is 1.06. The Morgan fingerprint density at radius 1 is 1.07 bits per heavy atom. The summed E-state index contributed by atoms with van der Waals surface area (Å²) in [6.45, 7) is 0.467. The second-order valence-corrected chi connectivity index (χ2v) is 6.53. The van der Waals surface area contributed by atoms with Crippen molar-refractivity contribution in [2.24, 2.45) is 0 Å². The quantitative estimate of drug-likeness (QED) is 0.501. The fourth-order valence-electron chi connectivity index (χ4n) is 3.47. The number of hydrogen-bond donors (Lipinski definition) is 2. The van der Waals surface area contributed by atoms with Gasteiger partial charge in [0.05, 0.1) is 19.3 Å². The number of aliphatic hydroxyl groups is 1. The van der Waals surface area contributed by atoms with E-state index >= 15 is 0 Å². The molecule has 0 aliphatic carbocycles. The summed E-state index contributed by atoms with van der Waals surface area (Å²) in [5.41, 5.74) is 9.38. The largest absolute Gasteiger partial charge is 0.452 e. The maximum Gasteiger partial charge on any atom is 0.177 e. The molecule has 4 aromatic heterocycles. The number of nitrogens with two attached hydrogens (primary N) is 1. The molecule has 7 nitrogen and oxygen atoms in total. The lowest BCUT2D eigenvalue weighted by Crippen LogP contribution is -2.01. The normalized spacial score (nSPS) is 11.5. The van der Waals surface area contributed by atoms with Crippen LogP contribution in [0.4, 0.5) is 5.82 Å². The van der Waals surface area contributed by atoms with Gasteiger partial charge in [0.15, 0.2) is 11.4 Å². The van der Waals surface area contributed by atoms with Gasteiger partial charge in [-0.15, -0.1) is 0 Å². The molecule has 3 N–H and O–H groups in total. The molecule has 0 bridgehead atoms. The van der Waals surface area contributed by atoms with Crippen molar-refractivity contribution in [1.82, 2.24) is 19.7 Å². The van der Waals surface area contributed by atoms with Gasteiger partial charge in [-0.2, -0.15) is 5.10 Å². The summed E-state index contributed by atoms with van der Waals surface area (Å²) in [6, 6.07) is 9.97. The molecular formula is C21H17N5O2. The smallest absolute Gasteiger partial charge is 0.177 e. The van der Waals surface area contributed by atoms with Crippen molar-refractivity contribution in [3.8, 4) is 22.5 Å². The van der Waals surface area contributed by atoms with Crippen molar-refractivity contribution in [3.63, 3.8) is 0 Å². The van der Waals surface area contributed by atoms with Gasteiger partial charge in [-0.25, -0.2) is 4.98 Å². The van der Waals surface area contributed by atoms with Crippen LogP contribution < -0.4 is 5.73 Å². The number of aliphatic hydroxyl groups excluding tert-OH is 1. The van der Waals surface area contributed by atoms with Gasteiger partial charge in [0.2, 0.25) is 0 Å². The van der Waals surface area contributed by atoms with Crippen LogP contribution in [0, 0.1) is 0 Å². The van der Waals surface area contributed by atoms with Crippen LogP contribution in [0.25, 0.3) is 44.2 Å². The fraction of sp³-hybridized carbons (Fsp3) is 0.0952. The molecule has 0 radical (unpaired) electrons. The first kappa shape index (κ1) is 16.5. The van der Waals surface area contributed by atoms with Gasteiger partial charge in [0.25, 0.3) is 0 Å². The predicted octanol–water partition coefficient (Wildman–Crippen LogP) is 3.48. The minimum Gasteiger partial charge on any atom is -0.452 e. The van der Waals surface area contributed by atoms with E-state index in [0.29, 0.717) is 17.9 Å². The zero-order valence-corrected chi connectivity index (χ0v) is 14.9. The number of aromatic nitrogens is 4. The van der Waals surface area contributed by atoms with Crippen LogP contribution in [-0.2, 0) is 6.54 Å². The molecule has 7 heteroatoms. The summed E-state index contributed by atoms with van der Waals surface area (Å²) in [4.78, 5) is 8.48. The van der Waals surface area contributed by atoms with E-state index in [1.165, 1.54) is 0 Å². The Hall–Kier alpha value is -3.71. The SMILES string of the molecule is Nc1ncc(-c2cnn(CCO)c2)c2cc(-c3cccc4cnccc34)oc12. The first-order valence-electron chi connectivity index (χ1n) is 8.89. The number of nitrogens with zero attached hydrogens (tertiary/aromatic N) is 4. The highest BCUT2D eigenvalue weighted by molar-refractivity contribution is 6.03. The molecule has 0 saturated heterocycles. The van der Waals surface area contributed by atoms with E-state index in [-0.39, 0.29) is 6.61 Å². The Balaban J connectivity index is 1.71. The molecule has 0 amide bonds. The number of anilines is 1. The third kappa shape index (κ3) is 2.60. The molecule has 0 spiro atoms. The highest BCUT2D eigenvalue weighted by Crippen LogP contribution is 2.38. The van der Waals surface area contributed by atoms with E-state index in [4.69, 9.17) is 15.3 Å². The second-order valence-electron chi connectivity index (χ2n) is 6.53. The van der Waals surface area contributed by atoms with Gasteiger partial charge in [0.1, 0.15) is 5.76 Å². The van der Waals surface area contributed by atoms with E-state index in [9.17, 15) is 0 Å². The highest BCUT2D eigenvalue weighted by Gasteiger charge is 2.17. The molecule has 4 heterocycles. The van der Waals surface area contributed by atoms with E-state index in [0.717, 1.165) is 38.6 Å². The molecule has 28 heavy (non-hydrogen) atoms. The molecule has 138 valence electrons. The molecule has 5 aromatic rings. The van der Waals surface area contributed by atoms with Crippen molar-refractivity contribution in [3.05, 3.63) is 61.3 Å². The summed E-state index contributed by atoms with van der Waals surface area (Å²) >= 11 is 0. The predicted molar refractivity (Wildman–Crippen MR) is 107 cm³/mol. The fourth-order valence-corrected chi connectivity index (χ4v) is 3.47. The van der Waals surface area contributed by atoms with Crippen molar-refractivity contribution < 1.29 is 9.52 Å². The number of fused-ring (bicyclic) bond motifs is 2. The number of furan rings is 1. The Labute approximate surface area is 160 Å². The average Bonchev–Trinajstić information content (AvgIpc) is 3.36. The lowest BCUT2D eigenvalue weighted by atomic mass is 10.0. The average molecular weight is 371 g/mol. The summed E-state index contributed by atoms with van der Waals surface area (Å²) in [6.07, 6.45) is 8.95. The van der Waals surface area contributed by atoms with Crippen molar-refractivity contribution in [2.75, 3.05) is 12.3 Å². The third-order valence-corrected chi connectivity index (χ3v) is 4.81. The van der Waals surface area contributed by atoms with Gasteiger partial charge in [0, 0.05) is 52.3 Å². The van der Waals surface area contributed by atoms with E-state index in [1.807, 2.05) is 42.7 Å². The monoisotopic (exact) mass is 371 g/mol. The van der Waals surface area contributed by atoms with Gasteiger partial charge in [-0.3, -0.25) is 9.67 Å². The first-order chi connectivity index (χ1) is 13.7. The van der Waals surface area contributed by atoms with Crippen LogP contribution in [0.1, 0.15) is 0 Å². The summed E-state index contributed by atoms with van der Waals surface area (Å²) in [5, 5.41) is 16.4. The molecule has 0 aliphatic rings. The third-order valence-electron chi connectivity index (χ3n) is 4.81. The van der Waals surface area contributed by atoms with Crippen LogP contribution in [0.5, 0.6) is 0 Å². The second kappa shape index (κ2) is 6.47. The van der Waals surface area contributed by atoms with E-state index < -0.39 is 0 Å². The zero-order valence-electron chi connectivity index (χ0n) is 14.9. The standard InChI is InChI=1S/C21H17N5O2/c22-21-20-17(18(11-24-21)14-10-25-26(12-14)6-7-27)8-19(28-20)16-3-1-2-13-9-23-5-4-15(13)16/h1-5,8-12,27H,6-7H2,(H2,22,24). The number of rotatable bonds is 4. The summed E-state index contributed by atoms with van der Waals surface area (Å²) < 4.78 is 7.83.